The second kappa shape index (κ2) is 13.4. The lowest BCUT2D eigenvalue weighted by Gasteiger charge is -2.42. The van der Waals surface area contributed by atoms with Gasteiger partial charge in [0.2, 0.25) is 0 Å². The van der Waals surface area contributed by atoms with Crippen LogP contribution in [0, 0.1) is 0 Å². The van der Waals surface area contributed by atoms with Gasteiger partial charge in [0.05, 0.1) is 35.1 Å². The van der Waals surface area contributed by atoms with Crippen molar-refractivity contribution in [2.45, 2.75) is 51.4 Å². The van der Waals surface area contributed by atoms with Crippen LogP contribution in [0.5, 0.6) is 0 Å². The Balaban J connectivity index is 1.14. The van der Waals surface area contributed by atoms with Crippen molar-refractivity contribution >= 4 is 39.8 Å². The van der Waals surface area contributed by atoms with E-state index in [-0.39, 0.29) is 10.8 Å². The van der Waals surface area contributed by atoms with E-state index in [4.69, 9.17) is 0 Å². The van der Waals surface area contributed by atoms with Gasteiger partial charge in [0.1, 0.15) is 6.67 Å². The van der Waals surface area contributed by atoms with Crippen molar-refractivity contribution in [2.75, 3.05) is 40.0 Å². The zero-order valence-corrected chi connectivity index (χ0v) is 33.7. The third-order valence-corrected chi connectivity index (χ3v) is 12.9. The summed E-state index contributed by atoms with van der Waals surface area (Å²) >= 11 is 0. The first-order valence-corrected chi connectivity index (χ1v) is 20.4. The van der Waals surface area contributed by atoms with E-state index >= 15 is 0 Å². The van der Waals surface area contributed by atoms with E-state index in [1.807, 2.05) is 0 Å². The van der Waals surface area contributed by atoms with Crippen LogP contribution >= 0.6 is 0 Å². The molecule has 0 radical (unpaired) electrons. The van der Waals surface area contributed by atoms with E-state index in [9.17, 15) is 0 Å². The maximum Gasteiger partial charge on any atom is 0.100 e. The predicted molar refractivity (Wildman–Crippen MR) is 242 cm³/mol. The number of para-hydroxylation sites is 4. The van der Waals surface area contributed by atoms with E-state index in [1.54, 1.807) is 0 Å². The molecule has 2 heterocycles. The maximum absolute atomic E-state index is 2.55. The standard InChI is InChI=1S/C53H50N4/c1-52(2)29-30-53(3,4)46-33-39(27-28-45(46)52)40-31-43(37-17-8-6-9-18-37)51(44(32-40)38-19-10-7-11-20-38)57-36-56(49-25-14-15-26-50(49)57)42-22-16-21-41(34-42)55-35-54(5)47-23-12-13-24-48(47)55/h6-28,31-34H,29-30,35-36H2,1-5H3. The number of benzene rings is 7. The number of rotatable bonds is 6. The molecule has 0 unspecified atom stereocenters. The molecule has 4 heteroatoms. The molecule has 57 heavy (non-hydrogen) atoms. The Kier molecular flexibility index (Phi) is 8.30. The highest BCUT2D eigenvalue weighted by Gasteiger charge is 2.38. The van der Waals surface area contributed by atoms with Crippen LogP contribution in [0.2, 0.25) is 0 Å². The molecule has 0 amide bonds. The van der Waals surface area contributed by atoms with Crippen molar-refractivity contribution < 1.29 is 0 Å². The molecule has 0 spiro atoms. The lowest BCUT2D eigenvalue weighted by molar-refractivity contribution is 0.332. The summed E-state index contributed by atoms with van der Waals surface area (Å²) < 4.78 is 0. The Morgan fingerprint density at radius 1 is 0.386 bits per heavy atom. The molecule has 0 N–H and O–H groups in total. The van der Waals surface area contributed by atoms with Crippen LogP contribution in [0.15, 0.2) is 164 Å². The molecule has 0 aromatic heterocycles. The van der Waals surface area contributed by atoms with Crippen LogP contribution in [-0.4, -0.2) is 20.4 Å². The monoisotopic (exact) mass is 742 g/mol. The Hall–Kier alpha value is -6.26. The van der Waals surface area contributed by atoms with Crippen LogP contribution < -0.4 is 19.6 Å². The van der Waals surface area contributed by atoms with Gasteiger partial charge in [-0.15, -0.1) is 0 Å². The Bertz CT molecular complexity index is 2560. The first-order chi connectivity index (χ1) is 27.7. The van der Waals surface area contributed by atoms with Crippen LogP contribution in [-0.2, 0) is 10.8 Å². The van der Waals surface area contributed by atoms with E-state index in [2.05, 4.69) is 218 Å². The number of anilines is 7. The first-order valence-electron chi connectivity index (χ1n) is 20.4. The first kappa shape index (κ1) is 35.2. The maximum atomic E-state index is 2.55. The molecule has 0 atom stereocenters. The molecule has 0 fully saturated rings. The van der Waals surface area contributed by atoms with Gasteiger partial charge in [-0.25, -0.2) is 0 Å². The van der Waals surface area contributed by atoms with Crippen molar-refractivity contribution in [1.29, 1.82) is 0 Å². The van der Waals surface area contributed by atoms with E-state index < -0.39 is 0 Å². The molecule has 2 aliphatic heterocycles. The second-order valence-corrected chi connectivity index (χ2v) is 17.4. The molecule has 0 saturated heterocycles. The largest absolute Gasteiger partial charge is 0.355 e. The van der Waals surface area contributed by atoms with Gasteiger partial charge in [-0.2, -0.15) is 0 Å². The zero-order valence-electron chi connectivity index (χ0n) is 33.7. The fraction of sp³-hybridized carbons (Fsp3) is 0.208. The van der Waals surface area contributed by atoms with Crippen molar-refractivity contribution in [3.63, 3.8) is 0 Å². The summed E-state index contributed by atoms with van der Waals surface area (Å²) in [6.45, 7) is 11.2. The fourth-order valence-corrected chi connectivity index (χ4v) is 9.59. The lowest BCUT2D eigenvalue weighted by atomic mass is 9.63. The summed E-state index contributed by atoms with van der Waals surface area (Å²) in [4.78, 5) is 9.77. The fourth-order valence-electron chi connectivity index (χ4n) is 9.59. The summed E-state index contributed by atoms with van der Waals surface area (Å²) in [5, 5.41) is 0. The van der Waals surface area contributed by atoms with Gasteiger partial charge in [0.25, 0.3) is 0 Å². The second-order valence-electron chi connectivity index (χ2n) is 17.4. The van der Waals surface area contributed by atoms with Crippen molar-refractivity contribution in [3.05, 3.63) is 175 Å². The number of hydrogen-bond donors (Lipinski definition) is 0. The number of nitrogens with zero attached hydrogens (tertiary/aromatic N) is 4. The minimum Gasteiger partial charge on any atom is -0.355 e. The minimum absolute atomic E-state index is 0.124. The number of fused-ring (bicyclic) bond motifs is 3. The molecule has 0 saturated carbocycles. The minimum atomic E-state index is 0.124. The molecule has 7 aromatic carbocycles. The van der Waals surface area contributed by atoms with Gasteiger partial charge in [-0.3, -0.25) is 0 Å². The molecular weight excluding hydrogens is 693 g/mol. The number of hydrogen-bond acceptors (Lipinski definition) is 4. The summed E-state index contributed by atoms with van der Waals surface area (Å²) in [6.07, 6.45) is 2.40. The molecule has 7 aromatic rings. The summed E-state index contributed by atoms with van der Waals surface area (Å²) in [5.74, 6) is 0. The van der Waals surface area contributed by atoms with Crippen LogP contribution in [0.1, 0.15) is 51.7 Å². The van der Waals surface area contributed by atoms with Gasteiger partial charge in [-0.1, -0.05) is 137 Å². The normalized spacial score (nSPS) is 16.4. The molecule has 0 bridgehead atoms. The average Bonchev–Trinajstić information content (AvgIpc) is 3.80. The third-order valence-electron chi connectivity index (χ3n) is 12.9. The highest BCUT2D eigenvalue weighted by atomic mass is 15.4. The highest BCUT2D eigenvalue weighted by molar-refractivity contribution is 6.01. The van der Waals surface area contributed by atoms with Gasteiger partial charge in [0.15, 0.2) is 0 Å². The summed E-state index contributed by atoms with van der Waals surface area (Å²) in [6, 6.07) is 60.8. The quantitative estimate of drug-likeness (QED) is 0.168. The Morgan fingerprint density at radius 2 is 0.877 bits per heavy atom. The van der Waals surface area contributed by atoms with Gasteiger partial charge >= 0.3 is 0 Å². The molecule has 1 aliphatic carbocycles. The van der Waals surface area contributed by atoms with Crippen molar-refractivity contribution in [2.24, 2.45) is 0 Å². The van der Waals surface area contributed by atoms with Crippen LogP contribution in [0.3, 0.4) is 0 Å². The average molecular weight is 743 g/mol. The van der Waals surface area contributed by atoms with Crippen LogP contribution in [0.25, 0.3) is 33.4 Å². The van der Waals surface area contributed by atoms with Gasteiger partial charge in [0, 0.05) is 29.5 Å². The predicted octanol–water partition coefficient (Wildman–Crippen LogP) is 13.8. The van der Waals surface area contributed by atoms with Crippen molar-refractivity contribution in [1.82, 2.24) is 0 Å². The topological polar surface area (TPSA) is 13.0 Å². The van der Waals surface area contributed by atoms with Gasteiger partial charge in [-0.05, 0) is 112 Å². The Labute approximate surface area is 338 Å². The summed E-state index contributed by atoms with van der Waals surface area (Å²) in [7, 11) is 2.17. The van der Waals surface area contributed by atoms with Crippen molar-refractivity contribution in [3.8, 4) is 33.4 Å². The molecule has 4 nitrogen and oxygen atoms in total. The Morgan fingerprint density at radius 3 is 1.47 bits per heavy atom. The van der Waals surface area contributed by atoms with Gasteiger partial charge < -0.3 is 19.6 Å². The van der Waals surface area contributed by atoms with Crippen LogP contribution in [0.4, 0.5) is 39.8 Å². The third kappa shape index (κ3) is 5.98. The van der Waals surface area contributed by atoms with E-state index in [0.717, 1.165) is 6.67 Å². The highest BCUT2D eigenvalue weighted by Crippen LogP contribution is 2.53. The SMILES string of the molecule is CN1CN(c2cccc(N3CN(c4c(-c5ccccc5)cc(-c5ccc6c(c5)C(C)(C)CCC6(C)C)cc4-c4ccccc4)c4ccccc43)c2)c2ccccc21. The molecule has 3 aliphatic rings. The smallest absolute Gasteiger partial charge is 0.100 e. The molecular formula is C53H50N4. The molecule has 282 valence electrons. The zero-order chi connectivity index (χ0) is 38.9. The summed E-state index contributed by atoms with van der Waals surface area (Å²) in [5.41, 5.74) is 19.1. The van der Waals surface area contributed by atoms with E-state index in [0.29, 0.717) is 6.67 Å². The molecule has 10 rings (SSSR count). The van der Waals surface area contributed by atoms with E-state index in [1.165, 1.54) is 97.2 Å². The lowest BCUT2D eigenvalue weighted by Crippen LogP contribution is -2.33.